The van der Waals surface area contributed by atoms with Gasteiger partial charge in [0.15, 0.2) is 0 Å². The molecule has 29 heavy (non-hydrogen) atoms. The molecule has 0 heterocycles. The van der Waals surface area contributed by atoms with Crippen LogP contribution in [0.1, 0.15) is 105 Å². The lowest BCUT2D eigenvalue weighted by molar-refractivity contribution is -0.0257. The highest BCUT2D eigenvalue weighted by atomic mass is 16.5. The summed E-state index contributed by atoms with van der Waals surface area (Å²) in [5.74, 6) is 0. The predicted octanol–water partition coefficient (Wildman–Crippen LogP) is 5.51. The zero-order valence-corrected chi connectivity index (χ0v) is 20.0. The fourth-order valence-corrected chi connectivity index (χ4v) is 3.06. The van der Waals surface area contributed by atoms with Gasteiger partial charge in [-0.1, -0.05) is 79.1 Å². The summed E-state index contributed by atoms with van der Waals surface area (Å²) in [6, 6.07) is 0. The summed E-state index contributed by atoms with van der Waals surface area (Å²) in [6.07, 6.45) is 16.8. The highest BCUT2D eigenvalue weighted by Crippen LogP contribution is 2.18. The largest absolute Gasteiger partial charge is 0.394 e. The summed E-state index contributed by atoms with van der Waals surface area (Å²) in [6.45, 7) is 10.8. The average Bonchev–Trinajstić information content (AvgIpc) is 2.75. The smallest absolute Gasteiger partial charge is 0.0701 e. The van der Waals surface area contributed by atoms with Crippen molar-refractivity contribution in [1.82, 2.24) is 0 Å². The van der Waals surface area contributed by atoms with E-state index in [1.807, 2.05) is 0 Å². The molecule has 0 radical (unpaired) electrons. The SMILES string of the molecule is CCCCCCC(CC)OC(CC)CCCCCC.OCCOCCOCCO. The summed E-state index contributed by atoms with van der Waals surface area (Å²) >= 11 is 0. The Labute approximate surface area is 181 Å². The minimum absolute atomic E-state index is 0.0417. The summed E-state index contributed by atoms with van der Waals surface area (Å²) in [5.41, 5.74) is 0. The molecule has 0 saturated heterocycles. The Morgan fingerprint density at radius 2 is 0.966 bits per heavy atom. The molecule has 0 rings (SSSR count). The molecule has 0 spiro atoms. The lowest BCUT2D eigenvalue weighted by atomic mass is 10.0. The fraction of sp³-hybridized carbons (Fsp3) is 1.00. The van der Waals surface area contributed by atoms with Gasteiger partial charge in [-0.2, -0.15) is 0 Å². The van der Waals surface area contributed by atoms with E-state index in [1.165, 1.54) is 77.0 Å². The molecular formula is C24H52O5. The minimum atomic E-state index is 0.0417. The number of hydrogen-bond donors (Lipinski definition) is 2. The predicted molar refractivity (Wildman–Crippen MR) is 123 cm³/mol. The molecule has 0 aromatic heterocycles. The van der Waals surface area contributed by atoms with Crippen molar-refractivity contribution >= 4 is 0 Å². The standard InChI is InChI=1S/C18H38O.C6H14O4/c1-5-9-11-13-15-17(7-3)19-18(8-4)16-14-12-10-6-2;7-1-3-9-5-6-10-4-2-8/h17-18H,5-16H2,1-4H3;7-8H,1-6H2. The molecule has 178 valence electrons. The third-order valence-electron chi connectivity index (χ3n) is 4.90. The van der Waals surface area contributed by atoms with Gasteiger partial charge in [-0.3, -0.25) is 0 Å². The van der Waals surface area contributed by atoms with E-state index >= 15 is 0 Å². The molecule has 0 aromatic carbocycles. The van der Waals surface area contributed by atoms with Crippen LogP contribution in [-0.4, -0.2) is 62.1 Å². The molecular weight excluding hydrogens is 368 g/mol. The van der Waals surface area contributed by atoms with Gasteiger partial charge >= 0.3 is 0 Å². The first-order valence-electron chi connectivity index (χ1n) is 12.2. The van der Waals surface area contributed by atoms with E-state index in [0.29, 0.717) is 38.6 Å². The molecule has 0 bridgehead atoms. The third kappa shape index (κ3) is 25.8. The molecule has 0 aliphatic rings. The van der Waals surface area contributed by atoms with Crippen LogP contribution in [0.5, 0.6) is 0 Å². The van der Waals surface area contributed by atoms with Crippen LogP contribution in [0.2, 0.25) is 0 Å². The van der Waals surface area contributed by atoms with Crippen molar-refractivity contribution in [3.8, 4) is 0 Å². The van der Waals surface area contributed by atoms with Crippen molar-refractivity contribution in [3.05, 3.63) is 0 Å². The van der Waals surface area contributed by atoms with Crippen molar-refractivity contribution in [2.75, 3.05) is 39.6 Å². The van der Waals surface area contributed by atoms with Gasteiger partial charge in [0.2, 0.25) is 0 Å². The molecule has 5 nitrogen and oxygen atoms in total. The Bertz CT molecular complexity index is 250. The van der Waals surface area contributed by atoms with E-state index < -0.39 is 0 Å². The van der Waals surface area contributed by atoms with Gasteiger partial charge in [-0.05, 0) is 25.7 Å². The second-order valence-corrected chi connectivity index (χ2v) is 7.57. The van der Waals surface area contributed by atoms with E-state index in [1.54, 1.807) is 0 Å². The van der Waals surface area contributed by atoms with Crippen LogP contribution in [0.3, 0.4) is 0 Å². The van der Waals surface area contributed by atoms with E-state index in [0.717, 1.165) is 0 Å². The van der Waals surface area contributed by atoms with E-state index in [9.17, 15) is 0 Å². The highest BCUT2D eigenvalue weighted by Gasteiger charge is 2.13. The third-order valence-corrected chi connectivity index (χ3v) is 4.90. The van der Waals surface area contributed by atoms with Gasteiger partial charge in [0.25, 0.3) is 0 Å². The molecule has 0 aliphatic carbocycles. The highest BCUT2D eigenvalue weighted by molar-refractivity contribution is 4.63. The fourth-order valence-electron chi connectivity index (χ4n) is 3.06. The van der Waals surface area contributed by atoms with E-state index in [-0.39, 0.29) is 13.2 Å². The number of ether oxygens (including phenoxy) is 3. The van der Waals surface area contributed by atoms with Crippen LogP contribution in [-0.2, 0) is 14.2 Å². The van der Waals surface area contributed by atoms with E-state index in [4.69, 9.17) is 24.4 Å². The lowest BCUT2D eigenvalue weighted by Crippen LogP contribution is -2.21. The normalized spacial score (nSPS) is 13.0. The maximum atomic E-state index is 8.26. The summed E-state index contributed by atoms with van der Waals surface area (Å²) in [7, 11) is 0. The molecule has 0 aromatic rings. The molecule has 2 atom stereocenters. The average molecular weight is 421 g/mol. The Morgan fingerprint density at radius 1 is 0.552 bits per heavy atom. The summed E-state index contributed by atoms with van der Waals surface area (Å²) in [5, 5.41) is 16.5. The second kappa shape index (κ2) is 27.8. The Kier molecular flexibility index (Phi) is 29.7. The zero-order chi connectivity index (χ0) is 22.0. The Morgan fingerprint density at radius 3 is 1.28 bits per heavy atom. The van der Waals surface area contributed by atoms with Crippen molar-refractivity contribution in [3.63, 3.8) is 0 Å². The van der Waals surface area contributed by atoms with Crippen molar-refractivity contribution in [1.29, 1.82) is 0 Å². The number of rotatable bonds is 21. The first kappa shape index (κ1) is 31.0. The molecule has 2 N–H and O–H groups in total. The van der Waals surface area contributed by atoms with Crippen LogP contribution in [0.4, 0.5) is 0 Å². The number of aliphatic hydroxyl groups excluding tert-OH is 2. The number of aliphatic hydroxyl groups is 2. The first-order chi connectivity index (χ1) is 14.2. The van der Waals surface area contributed by atoms with Gasteiger partial charge in [0.05, 0.1) is 51.8 Å². The monoisotopic (exact) mass is 420 g/mol. The van der Waals surface area contributed by atoms with Crippen LogP contribution >= 0.6 is 0 Å². The molecule has 0 amide bonds. The molecule has 0 aliphatic heterocycles. The summed E-state index contributed by atoms with van der Waals surface area (Å²) < 4.78 is 16.1. The van der Waals surface area contributed by atoms with Gasteiger partial charge in [-0.15, -0.1) is 0 Å². The second-order valence-electron chi connectivity index (χ2n) is 7.57. The van der Waals surface area contributed by atoms with Gasteiger partial charge in [-0.25, -0.2) is 0 Å². The van der Waals surface area contributed by atoms with E-state index in [2.05, 4.69) is 27.7 Å². The van der Waals surface area contributed by atoms with Crippen LogP contribution in [0, 0.1) is 0 Å². The maximum absolute atomic E-state index is 8.26. The first-order valence-corrected chi connectivity index (χ1v) is 12.2. The van der Waals surface area contributed by atoms with Crippen LogP contribution in [0.25, 0.3) is 0 Å². The van der Waals surface area contributed by atoms with Crippen LogP contribution in [0.15, 0.2) is 0 Å². The molecule has 0 saturated carbocycles. The maximum Gasteiger partial charge on any atom is 0.0701 e. The Balaban J connectivity index is 0. The lowest BCUT2D eigenvalue weighted by Gasteiger charge is -2.23. The van der Waals surface area contributed by atoms with Crippen molar-refractivity contribution in [2.24, 2.45) is 0 Å². The quantitative estimate of drug-likeness (QED) is 0.240. The zero-order valence-electron chi connectivity index (χ0n) is 20.0. The Hall–Kier alpha value is -0.200. The molecule has 0 fully saturated rings. The van der Waals surface area contributed by atoms with Gasteiger partial charge in [0.1, 0.15) is 0 Å². The van der Waals surface area contributed by atoms with Crippen molar-refractivity contribution in [2.45, 2.75) is 117 Å². The number of unbranched alkanes of at least 4 members (excludes halogenated alkanes) is 6. The van der Waals surface area contributed by atoms with Crippen LogP contribution < -0.4 is 0 Å². The number of hydrogen-bond acceptors (Lipinski definition) is 5. The molecule has 5 heteroatoms. The summed E-state index contributed by atoms with van der Waals surface area (Å²) in [4.78, 5) is 0. The van der Waals surface area contributed by atoms with Gasteiger partial charge < -0.3 is 24.4 Å². The minimum Gasteiger partial charge on any atom is -0.394 e. The topological polar surface area (TPSA) is 68.2 Å². The molecule has 2 unspecified atom stereocenters. The van der Waals surface area contributed by atoms with Gasteiger partial charge in [0, 0.05) is 0 Å². The van der Waals surface area contributed by atoms with Crippen molar-refractivity contribution < 1.29 is 24.4 Å².